The fourth-order valence-corrected chi connectivity index (χ4v) is 18.0. The van der Waals surface area contributed by atoms with Crippen LogP contribution < -0.4 is 31.8 Å². The van der Waals surface area contributed by atoms with Crippen molar-refractivity contribution in [1.82, 2.24) is 28.7 Å². The summed E-state index contributed by atoms with van der Waals surface area (Å²) in [5, 5.41) is 6.95. The van der Waals surface area contributed by atoms with Crippen LogP contribution in [0, 0.1) is 0 Å². The highest BCUT2D eigenvalue weighted by Crippen LogP contribution is 2.45. The zero-order valence-electron chi connectivity index (χ0n) is 49.7. The molecule has 13 aromatic carbocycles. The molecule has 17 rings (SSSR count). The molecule has 4 aromatic heterocycles. The summed E-state index contributed by atoms with van der Waals surface area (Å²) in [6.45, 7) is 0. The van der Waals surface area contributed by atoms with Crippen LogP contribution in [0.2, 0.25) is 0 Å². The molecular weight excluding hydrogens is 1160 g/mol. The molecule has 0 saturated heterocycles. The van der Waals surface area contributed by atoms with Gasteiger partial charge in [-0.3, -0.25) is 8.80 Å². The van der Waals surface area contributed by atoms with Gasteiger partial charge in [-0.25, -0.2) is 19.9 Å². The molecule has 436 valence electrons. The predicted octanol–water partition coefficient (Wildman–Crippen LogP) is 17.7. The second-order valence-corrected chi connectivity index (χ2v) is 28.4. The number of aromatic nitrogens is 6. The maximum Gasteiger partial charge on any atom is 0.171 e. The fraction of sp³-hybridized carbons (Fsp3) is 0. The first-order chi connectivity index (χ1) is 45.4. The Morgan fingerprint density at radius 2 is 0.478 bits per heavy atom. The van der Waals surface area contributed by atoms with Crippen LogP contribution in [0.5, 0.6) is 0 Å². The van der Waals surface area contributed by atoms with Gasteiger partial charge in [-0.15, -0.1) is 0 Å². The third kappa shape index (κ3) is 9.90. The van der Waals surface area contributed by atoms with Crippen LogP contribution in [0.4, 0.5) is 0 Å². The SMILES string of the molecule is O=P(c1ccccc1)(c1ccccc1)c1ccc(-c2ccc(-c3ccc4nc(-c5ccccc5)n5c6ccccc6nc5c4c3)cc2)cc1.O=P(c1ccccc1)(c1ccccc1)c1ccc(-c2ccc3nc(-c4ccccc4)n4c5ccccc5nc4c3c2)cc1. The molecular formula is C82H56N6O2P2. The summed E-state index contributed by atoms with van der Waals surface area (Å²) in [7, 11) is -6.05. The molecule has 0 aliphatic rings. The van der Waals surface area contributed by atoms with Crippen molar-refractivity contribution in [1.29, 1.82) is 0 Å². The predicted molar refractivity (Wildman–Crippen MR) is 382 cm³/mol. The quantitative estimate of drug-likeness (QED) is 0.120. The number of fused-ring (bicyclic) bond motifs is 10. The zero-order chi connectivity index (χ0) is 61.6. The first-order valence-corrected chi connectivity index (χ1v) is 34.1. The zero-order valence-corrected chi connectivity index (χ0v) is 51.5. The van der Waals surface area contributed by atoms with Crippen LogP contribution in [-0.2, 0) is 9.13 Å². The molecule has 0 amide bonds. The molecule has 0 aliphatic heterocycles. The number of hydrogen-bond acceptors (Lipinski definition) is 6. The van der Waals surface area contributed by atoms with E-state index in [1.54, 1.807) is 0 Å². The van der Waals surface area contributed by atoms with E-state index in [1.807, 2.05) is 212 Å². The van der Waals surface area contributed by atoms with E-state index >= 15 is 0 Å². The van der Waals surface area contributed by atoms with Gasteiger partial charge in [-0.05, 0) is 81.9 Å². The Morgan fingerprint density at radius 3 is 0.815 bits per heavy atom. The molecule has 0 fully saturated rings. The van der Waals surface area contributed by atoms with Gasteiger partial charge in [0.2, 0.25) is 0 Å². The molecule has 17 aromatic rings. The number of hydrogen-bond donors (Lipinski definition) is 0. The highest BCUT2D eigenvalue weighted by Gasteiger charge is 2.31. The Morgan fingerprint density at radius 1 is 0.217 bits per heavy atom. The van der Waals surface area contributed by atoms with E-state index in [2.05, 4.69) is 136 Å². The lowest BCUT2D eigenvalue weighted by atomic mass is 9.99. The molecule has 0 unspecified atom stereocenters. The van der Waals surface area contributed by atoms with Gasteiger partial charge in [0.15, 0.2) is 14.3 Å². The van der Waals surface area contributed by atoms with Crippen molar-refractivity contribution >= 4 is 101 Å². The molecule has 0 radical (unpaired) electrons. The van der Waals surface area contributed by atoms with E-state index in [0.29, 0.717) is 0 Å². The van der Waals surface area contributed by atoms with E-state index in [9.17, 15) is 9.13 Å². The minimum absolute atomic E-state index is 0.811. The Balaban J connectivity index is 0.000000148. The summed E-state index contributed by atoms with van der Waals surface area (Å²) >= 11 is 0. The van der Waals surface area contributed by atoms with E-state index in [-0.39, 0.29) is 0 Å². The van der Waals surface area contributed by atoms with Crippen LogP contribution in [0.15, 0.2) is 340 Å². The molecule has 0 bridgehead atoms. The average molecular weight is 1220 g/mol. The molecule has 92 heavy (non-hydrogen) atoms. The van der Waals surface area contributed by atoms with Crippen molar-refractivity contribution in [2.45, 2.75) is 0 Å². The monoisotopic (exact) mass is 1220 g/mol. The highest BCUT2D eigenvalue weighted by atomic mass is 31.2. The van der Waals surface area contributed by atoms with Gasteiger partial charge in [-0.2, -0.15) is 0 Å². The van der Waals surface area contributed by atoms with Crippen LogP contribution >= 0.6 is 14.3 Å². The van der Waals surface area contributed by atoms with Gasteiger partial charge in [0.05, 0.1) is 33.1 Å². The average Bonchev–Trinajstić information content (AvgIpc) is 1.38. The molecule has 0 N–H and O–H groups in total. The van der Waals surface area contributed by atoms with Gasteiger partial charge >= 0.3 is 0 Å². The highest BCUT2D eigenvalue weighted by molar-refractivity contribution is 7.85. The van der Waals surface area contributed by atoms with Crippen molar-refractivity contribution in [3.8, 4) is 56.2 Å². The summed E-state index contributed by atoms with van der Waals surface area (Å²) < 4.78 is 33.9. The smallest absolute Gasteiger partial charge is 0.171 e. The van der Waals surface area contributed by atoms with Crippen LogP contribution in [0.3, 0.4) is 0 Å². The minimum Gasteiger partial charge on any atom is -0.309 e. The summed E-state index contributed by atoms with van der Waals surface area (Å²) in [5.41, 5.74) is 16.1. The largest absolute Gasteiger partial charge is 0.309 e. The van der Waals surface area contributed by atoms with E-state index in [4.69, 9.17) is 19.9 Å². The lowest BCUT2D eigenvalue weighted by molar-refractivity contribution is 0.591. The second kappa shape index (κ2) is 23.5. The maximum atomic E-state index is 14.8. The molecule has 10 heteroatoms. The summed E-state index contributed by atoms with van der Waals surface area (Å²) in [5.74, 6) is 1.75. The van der Waals surface area contributed by atoms with Gasteiger partial charge < -0.3 is 9.13 Å². The number of nitrogens with zero attached hydrogens (tertiary/aromatic N) is 6. The minimum atomic E-state index is -3.03. The normalized spacial score (nSPS) is 11.8. The fourth-order valence-electron chi connectivity index (χ4n) is 12.7. The van der Waals surface area contributed by atoms with Gasteiger partial charge in [-0.1, -0.05) is 291 Å². The van der Waals surface area contributed by atoms with Gasteiger partial charge in [0.1, 0.15) is 22.9 Å². The van der Waals surface area contributed by atoms with E-state index in [1.165, 1.54) is 0 Å². The number of imidazole rings is 2. The molecule has 0 atom stereocenters. The summed E-state index contributed by atoms with van der Waals surface area (Å²) in [4.78, 5) is 20.4. The Labute approximate surface area is 531 Å². The Bertz CT molecular complexity index is 5570. The first-order valence-electron chi connectivity index (χ1n) is 30.6. The topological polar surface area (TPSA) is 94.5 Å². The lowest BCUT2D eigenvalue weighted by Crippen LogP contribution is -2.24. The van der Waals surface area contributed by atoms with Crippen molar-refractivity contribution in [2.24, 2.45) is 0 Å². The molecule has 0 spiro atoms. The summed E-state index contributed by atoms with van der Waals surface area (Å²) in [6.07, 6.45) is 0. The molecule has 8 nitrogen and oxygen atoms in total. The molecule has 0 aliphatic carbocycles. The maximum absolute atomic E-state index is 14.8. The number of rotatable bonds is 11. The molecule has 0 saturated carbocycles. The lowest BCUT2D eigenvalue weighted by Gasteiger charge is -2.20. The van der Waals surface area contributed by atoms with E-state index in [0.717, 1.165) is 143 Å². The summed E-state index contributed by atoms with van der Waals surface area (Å²) in [6, 6.07) is 114. The number of benzene rings is 13. The van der Waals surface area contributed by atoms with Crippen molar-refractivity contribution < 1.29 is 9.13 Å². The van der Waals surface area contributed by atoms with Crippen molar-refractivity contribution in [3.63, 3.8) is 0 Å². The second-order valence-electron chi connectivity index (χ2n) is 22.8. The third-order valence-electron chi connectivity index (χ3n) is 17.4. The Kier molecular flexibility index (Phi) is 14.3. The van der Waals surface area contributed by atoms with Crippen molar-refractivity contribution in [3.05, 3.63) is 340 Å². The van der Waals surface area contributed by atoms with E-state index < -0.39 is 14.3 Å². The Hall–Kier alpha value is -11.4. The number of para-hydroxylation sites is 4. The van der Waals surface area contributed by atoms with Gasteiger partial charge in [0.25, 0.3) is 0 Å². The molecule has 4 heterocycles. The third-order valence-corrected chi connectivity index (χ3v) is 23.5. The standard InChI is InChI=1S/C44H30N3OP.C38H26N3OP/c48-49(36-14-6-2-7-15-36,37-16-8-3-9-17-37)38-27-24-32(25-28-38)31-20-22-33(23-21-31)35-26-29-40-39(30-35)44-46-41-18-10-11-19-42(41)47(44)43(45-40)34-12-4-1-5-13-34;42-43(30-14-6-2-7-15-30,31-16-8-3-9-17-31)32-23-20-27(21-24-32)29-22-25-34-33(26-29)38-40-35-18-10-11-19-36(35)41(38)37(39-34)28-12-4-1-5-13-28/h1-30H;1-26H. The van der Waals surface area contributed by atoms with Crippen LogP contribution in [0.25, 0.3) is 111 Å². The van der Waals surface area contributed by atoms with Crippen LogP contribution in [-0.4, -0.2) is 28.7 Å². The first kappa shape index (κ1) is 55.9. The van der Waals surface area contributed by atoms with Crippen molar-refractivity contribution in [2.75, 3.05) is 0 Å². The van der Waals surface area contributed by atoms with Gasteiger partial charge in [0, 0.05) is 53.7 Å². The van der Waals surface area contributed by atoms with Crippen LogP contribution in [0.1, 0.15) is 0 Å².